The number of hydrogen-bond acceptors (Lipinski definition) is 10. The van der Waals surface area contributed by atoms with E-state index in [0.717, 1.165) is 88.2 Å². The van der Waals surface area contributed by atoms with Crippen molar-refractivity contribution in [2.24, 2.45) is 45.3 Å². The summed E-state index contributed by atoms with van der Waals surface area (Å²) in [5, 5.41) is 0. The van der Waals surface area contributed by atoms with E-state index in [-0.39, 0.29) is 61.0 Å². The molecule has 312 valence electrons. The van der Waals surface area contributed by atoms with Gasteiger partial charge in [0.2, 0.25) is 0 Å². The first-order chi connectivity index (χ1) is 27.2. The van der Waals surface area contributed by atoms with Crippen molar-refractivity contribution in [1.82, 2.24) is 0 Å². The maximum Gasteiger partial charge on any atom is 0.317 e. The van der Waals surface area contributed by atoms with Crippen LogP contribution in [-0.2, 0) is 51.0 Å². The van der Waals surface area contributed by atoms with Gasteiger partial charge in [-0.1, -0.05) is 39.8 Å². The molecule has 2 aromatic rings. The Morgan fingerprint density at radius 2 is 1.07 bits per heavy atom. The van der Waals surface area contributed by atoms with Crippen LogP contribution in [0.4, 0.5) is 0 Å². The molecule has 4 aliphatic rings. The average molecular weight is 789 g/mol. The minimum Gasteiger partial charge on any atom is -0.472 e. The Morgan fingerprint density at radius 1 is 0.649 bits per heavy atom. The smallest absolute Gasteiger partial charge is 0.317 e. The Morgan fingerprint density at radius 3 is 1.44 bits per heavy atom. The van der Waals surface area contributed by atoms with Crippen LogP contribution in [0.5, 0.6) is 0 Å². The predicted octanol–water partition coefficient (Wildman–Crippen LogP) is 9.56. The van der Waals surface area contributed by atoms with Crippen molar-refractivity contribution in [2.45, 2.75) is 125 Å². The fraction of sp³-hybridized carbons (Fsp3) is 0.660. The third-order valence-electron chi connectivity index (χ3n) is 15.4. The lowest BCUT2D eigenvalue weighted by atomic mass is 9.46. The molecule has 6 rings (SSSR count). The summed E-state index contributed by atoms with van der Waals surface area (Å²) in [6.45, 7) is 12.8. The van der Waals surface area contributed by atoms with Crippen molar-refractivity contribution in [2.75, 3.05) is 26.4 Å². The van der Waals surface area contributed by atoms with Crippen molar-refractivity contribution >= 4 is 23.9 Å². The molecule has 0 aromatic carbocycles. The van der Waals surface area contributed by atoms with Crippen LogP contribution in [0.2, 0.25) is 0 Å². The summed E-state index contributed by atoms with van der Waals surface area (Å²) in [6, 6.07) is 4.03. The van der Waals surface area contributed by atoms with Crippen LogP contribution in [-0.4, -0.2) is 50.3 Å². The Hall–Kier alpha value is -4.08. The van der Waals surface area contributed by atoms with Gasteiger partial charge in [0.25, 0.3) is 0 Å². The number of carbonyl (C=O) groups is 4. The molecule has 0 saturated heterocycles. The van der Waals surface area contributed by atoms with Gasteiger partial charge in [-0.25, -0.2) is 0 Å². The second kappa shape index (κ2) is 17.8. The largest absolute Gasteiger partial charge is 0.472 e. The zero-order chi connectivity index (χ0) is 40.8. The first-order valence-corrected chi connectivity index (χ1v) is 21.2. The third-order valence-corrected chi connectivity index (χ3v) is 15.4. The number of rotatable bonds is 16. The minimum absolute atomic E-state index is 0.0317. The van der Waals surface area contributed by atoms with Crippen LogP contribution >= 0.6 is 0 Å². The first-order valence-electron chi connectivity index (χ1n) is 21.2. The Labute approximate surface area is 338 Å². The summed E-state index contributed by atoms with van der Waals surface area (Å²) >= 11 is 0. The molecule has 2 aromatic heterocycles. The topological polar surface area (TPSA) is 131 Å². The van der Waals surface area contributed by atoms with Gasteiger partial charge < -0.3 is 27.8 Å². The van der Waals surface area contributed by atoms with Gasteiger partial charge in [-0.15, -0.1) is 0 Å². The second-order valence-electron chi connectivity index (χ2n) is 18.2. The van der Waals surface area contributed by atoms with Crippen molar-refractivity contribution in [3.63, 3.8) is 0 Å². The molecule has 4 aliphatic carbocycles. The third kappa shape index (κ3) is 9.00. The molecule has 2 heterocycles. The first kappa shape index (κ1) is 42.5. The van der Waals surface area contributed by atoms with Crippen molar-refractivity contribution < 1.29 is 47.0 Å². The summed E-state index contributed by atoms with van der Waals surface area (Å²) in [5.41, 5.74) is 3.25. The van der Waals surface area contributed by atoms with E-state index < -0.39 is 29.2 Å². The van der Waals surface area contributed by atoms with Gasteiger partial charge in [0.05, 0.1) is 25.1 Å². The van der Waals surface area contributed by atoms with Gasteiger partial charge >= 0.3 is 23.9 Å². The molecule has 10 nitrogen and oxygen atoms in total. The maximum absolute atomic E-state index is 13.3. The fourth-order valence-corrected chi connectivity index (χ4v) is 11.6. The Balaban J connectivity index is 1.11. The number of esters is 4. The molecule has 0 spiro atoms. The lowest BCUT2D eigenvalue weighted by molar-refractivity contribution is -0.159. The number of furan rings is 2. The predicted molar refractivity (Wildman–Crippen MR) is 213 cm³/mol. The number of ether oxygens (including phenoxy) is 4. The minimum atomic E-state index is -0.652. The molecular formula is C47H64O10. The van der Waals surface area contributed by atoms with E-state index in [2.05, 4.69) is 39.8 Å². The highest BCUT2D eigenvalue weighted by Gasteiger charge is 2.58. The zero-order valence-electron chi connectivity index (χ0n) is 35.0. The average Bonchev–Trinajstić information content (AvgIpc) is 3.92. The molecule has 0 radical (unpaired) electrons. The SMILES string of the molecule is CC(=O)OCC12CCC(C)C(C)(CCc3ccoc3)C1CCC=C2COC(=O)CC(=O)OCC1=CCCC2C1(COC(C)=O)CCC(C)C2(C)CCc1ccoc1. The molecule has 0 aliphatic heterocycles. The lowest BCUT2D eigenvalue weighted by Crippen LogP contribution is -2.54. The summed E-state index contributed by atoms with van der Waals surface area (Å²) in [6.07, 6.45) is 21.7. The van der Waals surface area contributed by atoms with Crippen molar-refractivity contribution in [3.8, 4) is 0 Å². The molecule has 2 saturated carbocycles. The van der Waals surface area contributed by atoms with Gasteiger partial charge in [0.15, 0.2) is 0 Å². The molecule has 0 bridgehead atoms. The summed E-state index contributed by atoms with van der Waals surface area (Å²) < 4.78 is 34.0. The van der Waals surface area contributed by atoms with Gasteiger partial charge in [-0.05, 0) is 146 Å². The number of allylic oxidation sites excluding steroid dienone is 2. The molecule has 8 unspecified atom stereocenters. The van der Waals surface area contributed by atoms with Crippen LogP contribution in [0.1, 0.15) is 123 Å². The molecular weight excluding hydrogens is 725 g/mol. The van der Waals surface area contributed by atoms with E-state index in [1.807, 2.05) is 12.1 Å². The van der Waals surface area contributed by atoms with Gasteiger partial charge in [-0.2, -0.15) is 0 Å². The van der Waals surface area contributed by atoms with Crippen molar-refractivity contribution in [3.05, 3.63) is 71.6 Å². The molecule has 0 amide bonds. The van der Waals surface area contributed by atoms with Crippen LogP contribution < -0.4 is 0 Å². The number of aryl methyl sites for hydroxylation is 2. The van der Waals surface area contributed by atoms with Crippen LogP contribution in [0.25, 0.3) is 0 Å². The lowest BCUT2D eigenvalue weighted by Gasteiger charge is -2.59. The van der Waals surface area contributed by atoms with Crippen LogP contribution in [0.15, 0.2) is 69.3 Å². The van der Waals surface area contributed by atoms with Crippen molar-refractivity contribution in [1.29, 1.82) is 0 Å². The monoisotopic (exact) mass is 788 g/mol. The Kier molecular flexibility index (Phi) is 13.3. The maximum atomic E-state index is 13.3. The zero-order valence-corrected chi connectivity index (χ0v) is 35.0. The number of carbonyl (C=O) groups excluding carboxylic acids is 4. The van der Waals surface area contributed by atoms with E-state index in [0.29, 0.717) is 11.8 Å². The summed E-state index contributed by atoms with van der Waals surface area (Å²) in [4.78, 5) is 51.1. The highest BCUT2D eigenvalue weighted by atomic mass is 16.6. The molecule has 2 fully saturated rings. The van der Waals surface area contributed by atoms with Gasteiger partial charge in [0, 0.05) is 24.7 Å². The molecule has 10 heteroatoms. The van der Waals surface area contributed by atoms with E-state index in [1.54, 1.807) is 25.1 Å². The quantitative estimate of drug-likeness (QED) is 0.0701. The van der Waals surface area contributed by atoms with E-state index in [1.165, 1.54) is 25.0 Å². The normalized spacial score (nSPS) is 32.2. The van der Waals surface area contributed by atoms with Gasteiger partial charge in [-0.3, -0.25) is 19.2 Å². The number of hydrogen-bond donors (Lipinski definition) is 0. The summed E-state index contributed by atoms with van der Waals surface area (Å²) in [7, 11) is 0. The highest BCUT2D eigenvalue weighted by molar-refractivity contribution is 5.91. The van der Waals surface area contributed by atoms with E-state index in [4.69, 9.17) is 27.8 Å². The van der Waals surface area contributed by atoms with Gasteiger partial charge in [0.1, 0.15) is 32.8 Å². The number of fused-ring (bicyclic) bond motifs is 2. The molecule has 0 N–H and O–H groups in total. The highest BCUT2D eigenvalue weighted by Crippen LogP contribution is 2.63. The molecule has 57 heavy (non-hydrogen) atoms. The van der Waals surface area contributed by atoms with Crippen LogP contribution in [0, 0.1) is 45.3 Å². The second-order valence-corrected chi connectivity index (χ2v) is 18.2. The van der Waals surface area contributed by atoms with E-state index in [9.17, 15) is 19.2 Å². The standard InChI is InChI=1S/C47H64O10/c1-32-13-21-46(30-56-34(3)48)38(9-7-11-40(46)44(32,5)19-15-36-17-23-52-26-36)28-54-42(50)25-43(51)55-29-39-10-8-12-41-45(6,20-16-37-18-24-53-27-37)33(2)14-22-47(39,41)31-57-35(4)49/h9-10,17-18,23-24,26-27,32-33,40-41H,7-8,11-16,19-22,25,28-31H2,1-6H3. The molecule has 8 atom stereocenters. The fourth-order valence-electron chi connectivity index (χ4n) is 11.6. The van der Waals surface area contributed by atoms with E-state index >= 15 is 0 Å². The summed E-state index contributed by atoms with van der Waals surface area (Å²) in [5.74, 6) is -0.637. The Bertz CT molecular complexity index is 1640. The van der Waals surface area contributed by atoms with Crippen LogP contribution in [0.3, 0.4) is 0 Å².